The third-order valence-electron chi connectivity index (χ3n) is 2.12. The molecule has 0 saturated heterocycles. The van der Waals surface area contributed by atoms with Crippen LogP contribution in [0.3, 0.4) is 0 Å². The van der Waals surface area contributed by atoms with Crippen LogP contribution in [0.25, 0.3) is 0 Å². The number of aromatic amines is 1. The lowest BCUT2D eigenvalue weighted by molar-refractivity contribution is -0.384. The molecule has 1 heterocycles. The fourth-order valence-corrected chi connectivity index (χ4v) is 2.44. The van der Waals surface area contributed by atoms with Crippen molar-refractivity contribution in [2.24, 2.45) is 0 Å². The zero-order valence-electron chi connectivity index (χ0n) is 8.89. The summed E-state index contributed by atoms with van der Waals surface area (Å²) in [5, 5.41) is 11.6. The molecule has 94 valence electrons. The molecule has 5 nitrogen and oxygen atoms in total. The number of non-ortho nitro benzene ring substituents is 1. The molecule has 0 amide bonds. The molecule has 2 rings (SSSR count). The van der Waals surface area contributed by atoms with E-state index in [0.29, 0.717) is 16.1 Å². The van der Waals surface area contributed by atoms with Gasteiger partial charge in [-0.25, -0.2) is 4.98 Å². The molecular formula is C10H7Cl2N3O2S. The number of nitrogens with zero attached hydrogens (tertiary/aromatic N) is 2. The standard InChI is InChI=1S/C10H7Cl2N3O2S/c11-8-9(12)14-10(13-8)18-5-6-1-3-7(4-2-6)15(16)17/h1-4H,5H2,(H,13,14). The monoisotopic (exact) mass is 303 g/mol. The topological polar surface area (TPSA) is 71.8 Å². The molecule has 0 aliphatic rings. The van der Waals surface area contributed by atoms with E-state index in [0.717, 1.165) is 5.56 Å². The summed E-state index contributed by atoms with van der Waals surface area (Å²) < 4.78 is 0. The molecule has 0 saturated carbocycles. The summed E-state index contributed by atoms with van der Waals surface area (Å²) in [7, 11) is 0. The Labute approximate surface area is 117 Å². The highest BCUT2D eigenvalue weighted by molar-refractivity contribution is 7.98. The zero-order chi connectivity index (χ0) is 13.1. The van der Waals surface area contributed by atoms with Gasteiger partial charge in [0.2, 0.25) is 0 Å². The van der Waals surface area contributed by atoms with Gasteiger partial charge in [-0.2, -0.15) is 0 Å². The Hall–Kier alpha value is -1.24. The molecule has 1 aromatic heterocycles. The van der Waals surface area contributed by atoms with Gasteiger partial charge in [0.05, 0.1) is 4.92 Å². The molecule has 8 heteroatoms. The van der Waals surface area contributed by atoms with Crippen LogP contribution in [0.5, 0.6) is 0 Å². The lowest BCUT2D eigenvalue weighted by atomic mass is 10.2. The van der Waals surface area contributed by atoms with E-state index in [4.69, 9.17) is 23.2 Å². The van der Waals surface area contributed by atoms with Gasteiger partial charge in [0.15, 0.2) is 10.3 Å². The lowest BCUT2D eigenvalue weighted by Gasteiger charge is -1.98. The summed E-state index contributed by atoms with van der Waals surface area (Å²) in [6.45, 7) is 0. The normalized spacial score (nSPS) is 10.6. The van der Waals surface area contributed by atoms with E-state index in [1.807, 2.05) is 0 Å². The number of thioether (sulfide) groups is 1. The molecule has 1 aromatic carbocycles. The number of benzene rings is 1. The Bertz CT molecular complexity index is 552. The van der Waals surface area contributed by atoms with Crippen LogP contribution in [0.2, 0.25) is 10.3 Å². The fraction of sp³-hybridized carbons (Fsp3) is 0.100. The van der Waals surface area contributed by atoms with Gasteiger partial charge in [-0.15, -0.1) is 0 Å². The van der Waals surface area contributed by atoms with Crippen molar-refractivity contribution in [1.29, 1.82) is 0 Å². The van der Waals surface area contributed by atoms with E-state index < -0.39 is 4.92 Å². The maximum atomic E-state index is 10.5. The van der Waals surface area contributed by atoms with Crippen LogP contribution in [0.15, 0.2) is 29.4 Å². The summed E-state index contributed by atoms with van der Waals surface area (Å²) in [5.41, 5.74) is 1.03. The Morgan fingerprint density at radius 1 is 1.33 bits per heavy atom. The second-order valence-electron chi connectivity index (χ2n) is 3.36. The molecule has 0 atom stereocenters. The highest BCUT2D eigenvalue weighted by atomic mass is 35.5. The predicted molar refractivity (Wildman–Crippen MR) is 71.3 cm³/mol. The number of H-pyrrole nitrogens is 1. The Balaban J connectivity index is 2.00. The first-order chi connectivity index (χ1) is 8.56. The molecule has 2 aromatic rings. The minimum atomic E-state index is -0.428. The van der Waals surface area contributed by atoms with Gasteiger partial charge >= 0.3 is 0 Å². The first kappa shape index (κ1) is 13.2. The first-order valence-corrected chi connectivity index (χ1v) is 6.57. The first-order valence-electron chi connectivity index (χ1n) is 4.83. The number of imidazole rings is 1. The summed E-state index contributed by atoms with van der Waals surface area (Å²) in [4.78, 5) is 16.9. The number of halogens is 2. The van der Waals surface area contributed by atoms with Crippen molar-refractivity contribution in [1.82, 2.24) is 9.97 Å². The summed E-state index contributed by atoms with van der Waals surface area (Å²) in [5.74, 6) is 0.623. The third-order valence-corrected chi connectivity index (χ3v) is 3.71. The van der Waals surface area contributed by atoms with Crippen molar-refractivity contribution in [3.8, 4) is 0 Å². The van der Waals surface area contributed by atoms with Gasteiger partial charge in [-0.05, 0) is 5.56 Å². The number of nitro groups is 1. The molecule has 0 bridgehead atoms. The van der Waals surface area contributed by atoms with E-state index >= 15 is 0 Å². The van der Waals surface area contributed by atoms with Gasteiger partial charge in [0.25, 0.3) is 5.69 Å². The molecule has 1 N–H and O–H groups in total. The van der Waals surface area contributed by atoms with Crippen LogP contribution in [-0.2, 0) is 5.75 Å². The number of rotatable bonds is 4. The fourth-order valence-electron chi connectivity index (χ4n) is 1.25. The van der Waals surface area contributed by atoms with E-state index in [-0.39, 0.29) is 10.8 Å². The maximum Gasteiger partial charge on any atom is 0.269 e. The summed E-state index contributed by atoms with van der Waals surface area (Å²) in [6, 6.07) is 6.35. The van der Waals surface area contributed by atoms with Crippen molar-refractivity contribution >= 4 is 40.7 Å². The number of hydrogen-bond acceptors (Lipinski definition) is 4. The van der Waals surface area contributed by atoms with Crippen molar-refractivity contribution in [3.63, 3.8) is 0 Å². The number of nitrogens with one attached hydrogen (secondary N) is 1. The van der Waals surface area contributed by atoms with Crippen LogP contribution in [0.4, 0.5) is 5.69 Å². The van der Waals surface area contributed by atoms with Crippen LogP contribution in [-0.4, -0.2) is 14.9 Å². The predicted octanol–water partition coefficient (Wildman–Crippen LogP) is 3.92. The lowest BCUT2D eigenvalue weighted by Crippen LogP contribution is -1.88. The highest BCUT2D eigenvalue weighted by Gasteiger charge is 2.07. The molecule has 0 unspecified atom stereocenters. The average molecular weight is 304 g/mol. The van der Waals surface area contributed by atoms with Crippen molar-refractivity contribution in [2.45, 2.75) is 10.9 Å². The SMILES string of the molecule is O=[N+]([O-])c1ccc(CSc2nc(Cl)c(Cl)[nH]2)cc1. The molecule has 0 radical (unpaired) electrons. The van der Waals surface area contributed by atoms with Crippen molar-refractivity contribution in [3.05, 3.63) is 50.2 Å². The second-order valence-corrected chi connectivity index (χ2v) is 5.06. The zero-order valence-corrected chi connectivity index (χ0v) is 11.2. The van der Waals surface area contributed by atoms with Crippen LogP contribution >= 0.6 is 35.0 Å². The minimum Gasteiger partial charge on any atom is -0.323 e. The quantitative estimate of drug-likeness (QED) is 0.528. The van der Waals surface area contributed by atoms with Crippen molar-refractivity contribution in [2.75, 3.05) is 0 Å². The maximum absolute atomic E-state index is 10.5. The van der Waals surface area contributed by atoms with E-state index in [1.54, 1.807) is 12.1 Å². The smallest absolute Gasteiger partial charge is 0.269 e. The Morgan fingerprint density at radius 2 is 2.00 bits per heavy atom. The molecular weight excluding hydrogens is 297 g/mol. The number of hydrogen-bond donors (Lipinski definition) is 1. The molecule has 0 aliphatic carbocycles. The van der Waals surface area contributed by atoms with Crippen molar-refractivity contribution < 1.29 is 4.92 Å². The van der Waals surface area contributed by atoms with Gasteiger partial charge in [-0.3, -0.25) is 10.1 Å². The summed E-state index contributed by atoms with van der Waals surface area (Å²) >= 11 is 12.8. The molecule has 0 fully saturated rings. The van der Waals surface area contributed by atoms with E-state index in [2.05, 4.69) is 9.97 Å². The second kappa shape index (κ2) is 5.60. The van der Waals surface area contributed by atoms with Crippen LogP contribution in [0.1, 0.15) is 5.56 Å². The number of nitro benzene ring substituents is 1. The van der Waals surface area contributed by atoms with Gasteiger partial charge in [0.1, 0.15) is 5.15 Å². The number of aromatic nitrogens is 2. The van der Waals surface area contributed by atoms with Gasteiger partial charge < -0.3 is 4.98 Å². The summed E-state index contributed by atoms with van der Waals surface area (Å²) in [6.07, 6.45) is 0. The van der Waals surface area contributed by atoms with E-state index in [9.17, 15) is 10.1 Å². The molecule has 0 spiro atoms. The third kappa shape index (κ3) is 3.16. The molecule has 18 heavy (non-hydrogen) atoms. The average Bonchev–Trinajstić information content (AvgIpc) is 2.67. The van der Waals surface area contributed by atoms with Crippen LogP contribution in [0, 0.1) is 10.1 Å². The van der Waals surface area contributed by atoms with Gasteiger partial charge in [-0.1, -0.05) is 47.1 Å². The Morgan fingerprint density at radius 3 is 2.50 bits per heavy atom. The minimum absolute atomic E-state index is 0.0767. The Kier molecular flexibility index (Phi) is 4.11. The highest BCUT2D eigenvalue weighted by Crippen LogP contribution is 2.26. The molecule has 0 aliphatic heterocycles. The largest absolute Gasteiger partial charge is 0.323 e. The van der Waals surface area contributed by atoms with Crippen LogP contribution < -0.4 is 0 Å². The van der Waals surface area contributed by atoms with Gasteiger partial charge in [0, 0.05) is 17.9 Å². The van der Waals surface area contributed by atoms with E-state index in [1.165, 1.54) is 23.9 Å².